The number of nitrogens with zero attached hydrogens (tertiary/aromatic N) is 5. The van der Waals surface area contributed by atoms with Gasteiger partial charge in [-0.3, -0.25) is 4.90 Å². The number of hydrogen-bond acceptors (Lipinski definition) is 4. The van der Waals surface area contributed by atoms with Gasteiger partial charge >= 0.3 is 0 Å². The van der Waals surface area contributed by atoms with Crippen molar-refractivity contribution in [1.82, 2.24) is 25.1 Å². The summed E-state index contributed by atoms with van der Waals surface area (Å²) in [6.45, 7) is 6.37. The summed E-state index contributed by atoms with van der Waals surface area (Å²) in [7, 11) is 4.11. The van der Waals surface area contributed by atoms with E-state index in [-0.39, 0.29) is 5.54 Å². The van der Waals surface area contributed by atoms with Crippen molar-refractivity contribution in [2.45, 2.75) is 32.7 Å². The summed E-state index contributed by atoms with van der Waals surface area (Å²) in [5, 5.41) is 12.3. The van der Waals surface area contributed by atoms with E-state index in [0.717, 1.165) is 17.9 Å². The first kappa shape index (κ1) is 13.7. The second kappa shape index (κ2) is 5.09. The van der Waals surface area contributed by atoms with Crippen molar-refractivity contribution in [2.24, 2.45) is 0 Å². The molecular formula is C14H21N5. The van der Waals surface area contributed by atoms with E-state index in [1.54, 1.807) is 0 Å². The first-order valence-electron chi connectivity index (χ1n) is 6.52. The Hall–Kier alpha value is -1.75. The van der Waals surface area contributed by atoms with E-state index in [0.29, 0.717) is 0 Å². The lowest BCUT2D eigenvalue weighted by Gasteiger charge is -2.34. The molecule has 102 valence electrons. The van der Waals surface area contributed by atoms with E-state index in [2.05, 4.69) is 67.4 Å². The van der Waals surface area contributed by atoms with E-state index in [4.69, 9.17) is 0 Å². The highest BCUT2D eigenvalue weighted by atomic mass is 15.6. The van der Waals surface area contributed by atoms with Gasteiger partial charge in [-0.05, 0) is 62.5 Å². The minimum atomic E-state index is -0.187. The largest absolute Gasteiger partial charge is 0.297 e. The highest BCUT2D eigenvalue weighted by Crippen LogP contribution is 2.28. The maximum Gasteiger partial charge on any atom is 0.176 e. The van der Waals surface area contributed by atoms with Crippen molar-refractivity contribution in [3.8, 4) is 5.69 Å². The zero-order chi connectivity index (χ0) is 14.0. The monoisotopic (exact) mass is 259 g/mol. The summed E-state index contributed by atoms with van der Waals surface area (Å²) < 4.78 is 1.83. The maximum absolute atomic E-state index is 4.25. The van der Waals surface area contributed by atoms with E-state index in [1.165, 1.54) is 5.56 Å². The predicted octanol–water partition coefficient (Wildman–Crippen LogP) is 2.16. The van der Waals surface area contributed by atoms with Crippen molar-refractivity contribution >= 4 is 0 Å². The average molecular weight is 259 g/mol. The number of tetrazole rings is 1. The van der Waals surface area contributed by atoms with Crippen LogP contribution in [0.15, 0.2) is 24.3 Å². The molecule has 5 heteroatoms. The zero-order valence-corrected chi connectivity index (χ0v) is 12.3. The van der Waals surface area contributed by atoms with Gasteiger partial charge in [-0.25, -0.2) is 0 Å². The molecular weight excluding hydrogens is 238 g/mol. The normalized spacial score (nSPS) is 14.6. The molecule has 1 aromatic carbocycles. The molecule has 0 bridgehead atoms. The fraction of sp³-hybridized carbons (Fsp3) is 0.500. The van der Waals surface area contributed by atoms with E-state index in [1.807, 2.05) is 16.8 Å². The Morgan fingerprint density at radius 1 is 1.32 bits per heavy atom. The molecule has 0 spiro atoms. The second-order valence-electron chi connectivity index (χ2n) is 5.28. The highest BCUT2D eigenvalue weighted by Gasteiger charge is 2.33. The minimum Gasteiger partial charge on any atom is -0.297 e. The topological polar surface area (TPSA) is 46.8 Å². The van der Waals surface area contributed by atoms with Gasteiger partial charge in [0.1, 0.15) is 0 Å². The Balaban J connectivity index is 2.54. The van der Waals surface area contributed by atoms with Gasteiger partial charge in [-0.1, -0.05) is 19.1 Å². The van der Waals surface area contributed by atoms with Crippen LogP contribution >= 0.6 is 0 Å². The van der Waals surface area contributed by atoms with Crippen molar-refractivity contribution < 1.29 is 0 Å². The molecule has 0 saturated heterocycles. The zero-order valence-electron chi connectivity index (χ0n) is 12.3. The molecule has 1 heterocycles. The molecule has 0 radical (unpaired) electrons. The first-order chi connectivity index (χ1) is 8.99. The van der Waals surface area contributed by atoms with Gasteiger partial charge in [0.15, 0.2) is 5.82 Å². The molecule has 0 aliphatic carbocycles. The van der Waals surface area contributed by atoms with E-state index < -0.39 is 0 Å². The van der Waals surface area contributed by atoms with Crippen LogP contribution in [-0.2, 0) is 5.54 Å². The molecule has 1 atom stereocenters. The summed E-state index contributed by atoms with van der Waals surface area (Å²) in [5.41, 5.74) is 2.01. The van der Waals surface area contributed by atoms with Crippen LogP contribution in [-0.4, -0.2) is 39.2 Å². The fourth-order valence-corrected chi connectivity index (χ4v) is 2.13. The van der Waals surface area contributed by atoms with Crippen LogP contribution in [0.1, 0.15) is 31.7 Å². The summed E-state index contributed by atoms with van der Waals surface area (Å²) in [4.78, 5) is 2.16. The Morgan fingerprint density at radius 2 is 2.05 bits per heavy atom. The Morgan fingerprint density at radius 3 is 2.63 bits per heavy atom. The smallest absolute Gasteiger partial charge is 0.176 e. The lowest BCUT2D eigenvalue weighted by atomic mass is 9.96. The molecule has 1 unspecified atom stereocenters. The molecule has 1 aromatic heterocycles. The Labute approximate surface area is 114 Å². The van der Waals surface area contributed by atoms with Gasteiger partial charge in [0.2, 0.25) is 0 Å². The van der Waals surface area contributed by atoms with Crippen molar-refractivity contribution in [2.75, 3.05) is 14.1 Å². The number of benzene rings is 1. The summed E-state index contributed by atoms with van der Waals surface area (Å²) in [5.74, 6) is 0.866. The molecule has 0 N–H and O–H groups in total. The van der Waals surface area contributed by atoms with Crippen LogP contribution in [0.4, 0.5) is 0 Å². The third kappa shape index (κ3) is 2.38. The lowest BCUT2D eigenvalue weighted by Crippen LogP contribution is -2.40. The molecule has 0 saturated carbocycles. The number of aryl methyl sites for hydroxylation is 1. The molecule has 2 rings (SSSR count). The molecule has 2 aromatic rings. The van der Waals surface area contributed by atoms with Gasteiger partial charge in [0.25, 0.3) is 0 Å². The van der Waals surface area contributed by atoms with Gasteiger partial charge in [0.05, 0.1) is 11.2 Å². The van der Waals surface area contributed by atoms with Crippen molar-refractivity contribution in [3.05, 3.63) is 35.7 Å². The summed E-state index contributed by atoms with van der Waals surface area (Å²) >= 11 is 0. The highest BCUT2D eigenvalue weighted by molar-refractivity contribution is 5.35. The lowest BCUT2D eigenvalue weighted by molar-refractivity contribution is 0.153. The summed E-state index contributed by atoms with van der Waals surface area (Å²) in [6, 6.07) is 8.21. The third-order valence-corrected chi connectivity index (χ3v) is 3.87. The van der Waals surface area contributed by atoms with Gasteiger partial charge in [-0.2, -0.15) is 4.68 Å². The molecule has 5 nitrogen and oxygen atoms in total. The Kier molecular flexibility index (Phi) is 3.66. The van der Waals surface area contributed by atoms with Gasteiger partial charge in [-0.15, -0.1) is 5.10 Å². The van der Waals surface area contributed by atoms with E-state index >= 15 is 0 Å². The SMILES string of the molecule is CCC(C)(c1nnnn1-c1cccc(C)c1)N(C)C. The number of aromatic nitrogens is 4. The summed E-state index contributed by atoms with van der Waals surface area (Å²) in [6.07, 6.45) is 0.937. The minimum absolute atomic E-state index is 0.187. The van der Waals surface area contributed by atoms with Crippen molar-refractivity contribution in [1.29, 1.82) is 0 Å². The molecule has 0 aliphatic rings. The quantitative estimate of drug-likeness (QED) is 0.844. The van der Waals surface area contributed by atoms with Crippen LogP contribution in [0.3, 0.4) is 0 Å². The maximum atomic E-state index is 4.25. The fourth-order valence-electron chi connectivity index (χ4n) is 2.13. The number of rotatable bonds is 4. The number of hydrogen-bond donors (Lipinski definition) is 0. The van der Waals surface area contributed by atoms with Crippen LogP contribution in [0.5, 0.6) is 0 Å². The standard InChI is InChI=1S/C14H21N5/c1-6-14(3,18(4)5)13-15-16-17-19(13)12-9-7-8-11(2)10-12/h7-10H,6H2,1-5H3. The Bertz CT molecular complexity index is 560. The average Bonchev–Trinajstić information content (AvgIpc) is 2.87. The molecule has 0 amide bonds. The second-order valence-corrected chi connectivity index (χ2v) is 5.28. The molecule has 19 heavy (non-hydrogen) atoms. The van der Waals surface area contributed by atoms with Gasteiger partial charge < -0.3 is 0 Å². The van der Waals surface area contributed by atoms with Crippen LogP contribution in [0, 0.1) is 6.92 Å². The van der Waals surface area contributed by atoms with Crippen LogP contribution in [0.25, 0.3) is 5.69 Å². The van der Waals surface area contributed by atoms with Gasteiger partial charge in [0, 0.05) is 0 Å². The van der Waals surface area contributed by atoms with E-state index in [9.17, 15) is 0 Å². The first-order valence-corrected chi connectivity index (χ1v) is 6.52. The van der Waals surface area contributed by atoms with Crippen molar-refractivity contribution in [3.63, 3.8) is 0 Å². The van der Waals surface area contributed by atoms with Crippen LogP contribution < -0.4 is 0 Å². The molecule has 0 aliphatic heterocycles. The third-order valence-electron chi connectivity index (χ3n) is 3.87. The van der Waals surface area contributed by atoms with Crippen LogP contribution in [0.2, 0.25) is 0 Å². The molecule has 0 fully saturated rings. The predicted molar refractivity (Wildman–Crippen MR) is 75.2 cm³/mol.